The number of halogens is 1. The number of benzene rings is 1. The van der Waals surface area contributed by atoms with E-state index in [1.807, 2.05) is 23.9 Å². The van der Waals surface area contributed by atoms with Crippen LogP contribution in [0.3, 0.4) is 0 Å². The van der Waals surface area contributed by atoms with Crippen molar-refractivity contribution in [3.63, 3.8) is 0 Å². The molecule has 0 radical (unpaired) electrons. The standard InChI is InChI=1S/C12H13ClN4/c1-17-12(7-2-3-7)15-11(16-17)8-4-5-9(13)10(14)6-8/h4-7H,2-3,14H2,1H3. The van der Waals surface area contributed by atoms with E-state index in [2.05, 4.69) is 10.1 Å². The van der Waals surface area contributed by atoms with E-state index in [1.54, 1.807) is 6.07 Å². The van der Waals surface area contributed by atoms with Crippen LogP contribution in [-0.4, -0.2) is 14.8 Å². The smallest absolute Gasteiger partial charge is 0.181 e. The summed E-state index contributed by atoms with van der Waals surface area (Å²) in [5.41, 5.74) is 7.25. The van der Waals surface area contributed by atoms with Crippen molar-refractivity contribution >= 4 is 17.3 Å². The Morgan fingerprint density at radius 1 is 1.41 bits per heavy atom. The summed E-state index contributed by atoms with van der Waals surface area (Å²) in [6.45, 7) is 0. The minimum atomic E-state index is 0.560. The zero-order valence-electron chi connectivity index (χ0n) is 9.52. The van der Waals surface area contributed by atoms with E-state index in [1.165, 1.54) is 12.8 Å². The molecule has 88 valence electrons. The third kappa shape index (κ3) is 1.89. The summed E-state index contributed by atoms with van der Waals surface area (Å²) < 4.78 is 1.86. The average molecular weight is 249 g/mol. The van der Waals surface area contributed by atoms with E-state index in [-0.39, 0.29) is 0 Å². The van der Waals surface area contributed by atoms with Crippen LogP contribution in [-0.2, 0) is 7.05 Å². The zero-order valence-corrected chi connectivity index (χ0v) is 10.3. The normalized spacial score (nSPS) is 15.2. The number of nitrogens with zero attached hydrogens (tertiary/aromatic N) is 3. The van der Waals surface area contributed by atoms with E-state index in [0.29, 0.717) is 16.6 Å². The maximum atomic E-state index is 5.89. The molecule has 1 aliphatic rings. The van der Waals surface area contributed by atoms with E-state index in [9.17, 15) is 0 Å². The molecule has 2 N–H and O–H groups in total. The number of anilines is 1. The molecule has 0 aliphatic heterocycles. The maximum Gasteiger partial charge on any atom is 0.181 e. The van der Waals surface area contributed by atoms with Gasteiger partial charge in [-0.05, 0) is 31.0 Å². The van der Waals surface area contributed by atoms with Gasteiger partial charge >= 0.3 is 0 Å². The van der Waals surface area contributed by atoms with Gasteiger partial charge in [-0.1, -0.05) is 11.6 Å². The van der Waals surface area contributed by atoms with Gasteiger partial charge in [-0.25, -0.2) is 4.98 Å². The summed E-state index contributed by atoms with van der Waals surface area (Å²) in [5.74, 6) is 2.37. The fourth-order valence-electron chi connectivity index (χ4n) is 1.90. The molecule has 0 saturated heterocycles. The van der Waals surface area contributed by atoms with Crippen LogP contribution in [0.15, 0.2) is 18.2 Å². The highest BCUT2D eigenvalue weighted by Gasteiger charge is 2.29. The van der Waals surface area contributed by atoms with Crippen LogP contribution in [0.5, 0.6) is 0 Å². The molecule has 0 bridgehead atoms. The molecule has 5 heteroatoms. The lowest BCUT2D eigenvalue weighted by molar-refractivity contribution is 0.705. The van der Waals surface area contributed by atoms with E-state index in [4.69, 9.17) is 17.3 Å². The molecule has 0 amide bonds. The number of hydrogen-bond acceptors (Lipinski definition) is 3. The molecule has 1 aromatic carbocycles. The number of aromatic nitrogens is 3. The molecule has 0 unspecified atom stereocenters. The first-order valence-corrected chi connectivity index (χ1v) is 5.99. The molecule has 2 aromatic rings. The molecule has 1 saturated carbocycles. The van der Waals surface area contributed by atoms with E-state index in [0.717, 1.165) is 17.2 Å². The second-order valence-corrected chi connectivity index (χ2v) is 4.83. The Morgan fingerprint density at radius 3 is 2.82 bits per heavy atom. The van der Waals surface area contributed by atoms with Crippen molar-refractivity contribution in [1.82, 2.24) is 14.8 Å². The first kappa shape index (κ1) is 10.6. The van der Waals surface area contributed by atoms with Crippen molar-refractivity contribution in [1.29, 1.82) is 0 Å². The molecule has 1 fully saturated rings. The Bertz CT molecular complexity index is 572. The van der Waals surface area contributed by atoms with Crippen molar-refractivity contribution in [2.75, 3.05) is 5.73 Å². The van der Waals surface area contributed by atoms with Crippen LogP contribution in [0.1, 0.15) is 24.6 Å². The zero-order chi connectivity index (χ0) is 12.0. The van der Waals surface area contributed by atoms with Crippen LogP contribution in [0.2, 0.25) is 5.02 Å². The van der Waals surface area contributed by atoms with Gasteiger partial charge in [-0.15, -0.1) is 0 Å². The predicted octanol–water partition coefficient (Wildman–Crippen LogP) is 2.60. The van der Waals surface area contributed by atoms with Crippen molar-refractivity contribution in [2.45, 2.75) is 18.8 Å². The fraction of sp³-hybridized carbons (Fsp3) is 0.333. The molecular weight excluding hydrogens is 236 g/mol. The topological polar surface area (TPSA) is 56.7 Å². The molecule has 1 aromatic heterocycles. The number of rotatable bonds is 2. The molecule has 4 nitrogen and oxygen atoms in total. The van der Waals surface area contributed by atoms with E-state index >= 15 is 0 Å². The van der Waals surface area contributed by atoms with Crippen molar-refractivity contribution in [3.05, 3.63) is 29.0 Å². The minimum Gasteiger partial charge on any atom is -0.398 e. The Labute approximate surface area is 104 Å². The molecule has 1 heterocycles. The van der Waals surface area contributed by atoms with Crippen molar-refractivity contribution in [2.24, 2.45) is 7.05 Å². The highest BCUT2D eigenvalue weighted by molar-refractivity contribution is 6.33. The quantitative estimate of drug-likeness (QED) is 0.831. The van der Waals surface area contributed by atoms with Gasteiger partial charge in [-0.2, -0.15) is 5.10 Å². The van der Waals surface area contributed by atoms with Gasteiger partial charge in [0.2, 0.25) is 0 Å². The summed E-state index contributed by atoms with van der Waals surface area (Å²) in [7, 11) is 1.93. The number of nitrogen functional groups attached to an aromatic ring is 1. The molecule has 0 spiro atoms. The van der Waals surface area contributed by atoms with Crippen LogP contribution < -0.4 is 5.73 Å². The summed E-state index contributed by atoms with van der Waals surface area (Å²) in [6, 6.07) is 5.48. The highest BCUT2D eigenvalue weighted by atomic mass is 35.5. The lowest BCUT2D eigenvalue weighted by atomic mass is 10.2. The summed E-state index contributed by atoms with van der Waals surface area (Å²) in [4.78, 5) is 4.57. The van der Waals surface area contributed by atoms with Crippen LogP contribution in [0, 0.1) is 0 Å². The van der Waals surface area contributed by atoms with Crippen LogP contribution in [0.25, 0.3) is 11.4 Å². The third-order valence-corrected chi connectivity index (χ3v) is 3.34. The Morgan fingerprint density at radius 2 is 2.18 bits per heavy atom. The third-order valence-electron chi connectivity index (χ3n) is 2.99. The molecular formula is C12H13ClN4. The van der Waals surface area contributed by atoms with E-state index < -0.39 is 0 Å². The Hall–Kier alpha value is -1.55. The van der Waals surface area contributed by atoms with Crippen molar-refractivity contribution in [3.8, 4) is 11.4 Å². The minimum absolute atomic E-state index is 0.560. The number of aryl methyl sites for hydroxylation is 1. The van der Waals surface area contributed by atoms with Gasteiger partial charge in [0, 0.05) is 18.5 Å². The predicted molar refractivity (Wildman–Crippen MR) is 67.8 cm³/mol. The van der Waals surface area contributed by atoms with Gasteiger partial charge in [0.1, 0.15) is 5.82 Å². The van der Waals surface area contributed by atoms with Crippen LogP contribution in [0.4, 0.5) is 5.69 Å². The van der Waals surface area contributed by atoms with Crippen LogP contribution >= 0.6 is 11.6 Å². The first-order chi connectivity index (χ1) is 8.15. The summed E-state index contributed by atoms with van der Waals surface area (Å²) in [5, 5.41) is 4.98. The Balaban J connectivity index is 2.02. The fourth-order valence-corrected chi connectivity index (χ4v) is 2.02. The molecule has 3 rings (SSSR count). The molecule has 0 atom stereocenters. The highest BCUT2D eigenvalue weighted by Crippen LogP contribution is 2.39. The number of nitrogens with two attached hydrogens (primary N) is 1. The lowest BCUT2D eigenvalue weighted by Gasteiger charge is -1.99. The average Bonchev–Trinajstić information content (AvgIpc) is 3.06. The van der Waals surface area contributed by atoms with Crippen molar-refractivity contribution < 1.29 is 0 Å². The van der Waals surface area contributed by atoms with Gasteiger partial charge in [-0.3, -0.25) is 4.68 Å². The molecule has 17 heavy (non-hydrogen) atoms. The number of hydrogen-bond donors (Lipinski definition) is 1. The first-order valence-electron chi connectivity index (χ1n) is 5.61. The summed E-state index contributed by atoms with van der Waals surface area (Å²) >= 11 is 5.89. The van der Waals surface area contributed by atoms with Gasteiger partial charge in [0.25, 0.3) is 0 Å². The second kappa shape index (κ2) is 3.74. The molecule has 1 aliphatic carbocycles. The summed E-state index contributed by atoms with van der Waals surface area (Å²) in [6.07, 6.45) is 2.43. The Kier molecular flexibility index (Phi) is 2.33. The lowest BCUT2D eigenvalue weighted by Crippen LogP contribution is -1.96. The monoisotopic (exact) mass is 248 g/mol. The largest absolute Gasteiger partial charge is 0.398 e. The van der Waals surface area contributed by atoms with Gasteiger partial charge in [0.15, 0.2) is 5.82 Å². The van der Waals surface area contributed by atoms with Gasteiger partial charge in [0.05, 0.1) is 10.7 Å². The maximum absolute atomic E-state index is 5.89. The second-order valence-electron chi connectivity index (χ2n) is 4.43. The van der Waals surface area contributed by atoms with Gasteiger partial charge < -0.3 is 5.73 Å². The SMILES string of the molecule is Cn1nc(-c2ccc(Cl)c(N)c2)nc1C1CC1.